The Bertz CT molecular complexity index is 504. The van der Waals surface area contributed by atoms with Crippen LogP contribution in [0.3, 0.4) is 0 Å². The predicted octanol–water partition coefficient (Wildman–Crippen LogP) is 2.44. The molecule has 1 aliphatic rings. The number of anilines is 1. The number of pyridine rings is 1. The molecule has 2 unspecified atom stereocenters. The van der Waals surface area contributed by atoms with Crippen LogP contribution in [0.25, 0.3) is 0 Å². The molecule has 1 saturated carbocycles. The van der Waals surface area contributed by atoms with Gasteiger partial charge in [-0.3, -0.25) is 0 Å². The van der Waals surface area contributed by atoms with E-state index in [-0.39, 0.29) is 17.7 Å². The van der Waals surface area contributed by atoms with Crippen molar-refractivity contribution in [3.63, 3.8) is 0 Å². The molecule has 1 aliphatic carbocycles. The average Bonchev–Trinajstić information content (AvgIpc) is 2.38. The molecule has 110 valence electrons. The van der Waals surface area contributed by atoms with E-state index in [4.69, 9.17) is 5.11 Å². The number of rotatable bonds is 4. The number of aromatic carboxylic acids is 1. The molecule has 1 aromatic heterocycles. The molecule has 0 amide bonds. The molecule has 1 heterocycles. The molecule has 5 heteroatoms. The maximum atomic E-state index is 11.1. The van der Waals surface area contributed by atoms with Gasteiger partial charge in [0.2, 0.25) is 0 Å². The first-order chi connectivity index (χ1) is 9.44. The average molecular weight is 278 g/mol. The van der Waals surface area contributed by atoms with Gasteiger partial charge in [0.05, 0.1) is 17.7 Å². The van der Waals surface area contributed by atoms with E-state index in [0.717, 1.165) is 19.3 Å². The number of carboxylic acids is 1. The van der Waals surface area contributed by atoms with E-state index >= 15 is 0 Å². The number of aromatic nitrogens is 1. The molecule has 0 bridgehead atoms. The highest BCUT2D eigenvalue weighted by molar-refractivity contribution is 5.88. The van der Waals surface area contributed by atoms with Crippen molar-refractivity contribution in [3.05, 3.63) is 23.4 Å². The van der Waals surface area contributed by atoms with Crippen LogP contribution in [0.4, 0.5) is 5.82 Å². The second kappa shape index (κ2) is 5.79. The molecule has 3 N–H and O–H groups in total. The number of carboxylic acid groups (broad SMARTS) is 1. The van der Waals surface area contributed by atoms with Gasteiger partial charge in [0, 0.05) is 5.69 Å². The summed E-state index contributed by atoms with van der Waals surface area (Å²) < 4.78 is 0. The third-order valence-corrected chi connectivity index (χ3v) is 3.99. The minimum Gasteiger partial charge on any atom is -0.478 e. The normalized spacial score (nSPS) is 26.2. The smallest absolute Gasteiger partial charge is 0.335 e. The summed E-state index contributed by atoms with van der Waals surface area (Å²) in [5.41, 5.74) is 0.495. The lowest BCUT2D eigenvalue weighted by Gasteiger charge is -2.39. The van der Waals surface area contributed by atoms with Gasteiger partial charge in [-0.05, 0) is 37.8 Å². The van der Waals surface area contributed by atoms with Gasteiger partial charge >= 0.3 is 5.97 Å². The maximum absolute atomic E-state index is 11.1. The summed E-state index contributed by atoms with van der Waals surface area (Å²) in [6.07, 6.45) is 3.99. The van der Waals surface area contributed by atoms with E-state index in [0.29, 0.717) is 17.4 Å². The summed E-state index contributed by atoms with van der Waals surface area (Å²) in [5.74, 6) is 0.117. The summed E-state index contributed by atoms with van der Waals surface area (Å²) in [5, 5.41) is 22.1. The number of aliphatic hydroxyl groups excluding tert-OH is 1. The van der Waals surface area contributed by atoms with Gasteiger partial charge in [-0.1, -0.05) is 19.8 Å². The summed E-state index contributed by atoms with van der Waals surface area (Å²) in [6.45, 7) is 3.99. The van der Waals surface area contributed by atoms with E-state index < -0.39 is 5.97 Å². The van der Waals surface area contributed by atoms with Crippen molar-refractivity contribution in [1.82, 2.24) is 4.98 Å². The zero-order chi connectivity index (χ0) is 14.8. The Hall–Kier alpha value is -1.62. The first-order valence-electron chi connectivity index (χ1n) is 7.05. The highest BCUT2D eigenvalue weighted by Gasteiger charge is 2.34. The number of carbonyl (C=O) groups is 1. The lowest BCUT2D eigenvalue weighted by atomic mass is 9.77. The van der Waals surface area contributed by atoms with Crippen LogP contribution in [-0.2, 0) is 0 Å². The minimum atomic E-state index is -0.964. The molecule has 0 aromatic carbocycles. The van der Waals surface area contributed by atoms with Crippen molar-refractivity contribution >= 4 is 11.8 Å². The molecular weight excluding hydrogens is 256 g/mol. The van der Waals surface area contributed by atoms with Crippen LogP contribution in [0, 0.1) is 12.8 Å². The van der Waals surface area contributed by atoms with Crippen LogP contribution >= 0.6 is 0 Å². The van der Waals surface area contributed by atoms with Crippen molar-refractivity contribution < 1.29 is 15.0 Å². The molecule has 2 atom stereocenters. The third kappa shape index (κ3) is 3.28. The quantitative estimate of drug-likeness (QED) is 0.788. The molecule has 20 heavy (non-hydrogen) atoms. The number of nitrogens with one attached hydrogen (secondary N) is 1. The Morgan fingerprint density at radius 3 is 2.90 bits per heavy atom. The summed E-state index contributed by atoms with van der Waals surface area (Å²) >= 11 is 0. The second-order valence-corrected chi connectivity index (χ2v) is 5.95. The van der Waals surface area contributed by atoms with E-state index in [9.17, 15) is 9.90 Å². The molecule has 1 aromatic rings. The second-order valence-electron chi connectivity index (χ2n) is 5.95. The summed E-state index contributed by atoms with van der Waals surface area (Å²) in [6, 6.07) is 3.08. The molecule has 5 nitrogen and oxygen atoms in total. The van der Waals surface area contributed by atoms with E-state index in [1.54, 1.807) is 13.0 Å². The molecule has 2 rings (SSSR count). The fourth-order valence-electron chi connectivity index (χ4n) is 3.08. The van der Waals surface area contributed by atoms with Gasteiger partial charge < -0.3 is 15.5 Å². The SMILES string of the molecule is Cc1cc(C(=O)O)cc(NC2(CO)CCCC(C)C2)n1. The van der Waals surface area contributed by atoms with Crippen LogP contribution in [0.5, 0.6) is 0 Å². The topological polar surface area (TPSA) is 82.5 Å². The largest absolute Gasteiger partial charge is 0.478 e. The Kier molecular flexibility index (Phi) is 4.28. The summed E-state index contributed by atoms with van der Waals surface area (Å²) in [4.78, 5) is 15.4. The number of hydrogen-bond donors (Lipinski definition) is 3. The van der Waals surface area contributed by atoms with Gasteiger partial charge in [-0.2, -0.15) is 0 Å². The van der Waals surface area contributed by atoms with Crippen molar-refractivity contribution in [3.8, 4) is 0 Å². The van der Waals surface area contributed by atoms with Gasteiger partial charge in [-0.15, -0.1) is 0 Å². The lowest BCUT2D eigenvalue weighted by molar-refractivity contribution is 0.0696. The molecule has 0 spiro atoms. The lowest BCUT2D eigenvalue weighted by Crippen LogP contribution is -2.46. The third-order valence-electron chi connectivity index (χ3n) is 3.99. The molecule has 0 saturated heterocycles. The molecule has 0 radical (unpaired) electrons. The van der Waals surface area contributed by atoms with Crippen LogP contribution in [-0.4, -0.2) is 33.3 Å². The molecular formula is C15H22N2O3. The van der Waals surface area contributed by atoms with E-state index in [1.165, 1.54) is 12.5 Å². The monoisotopic (exact) mass is 278 g/mol. The highest BCUT2D eigenvalue weighted by Crippen LogP contribution is 2.34. The zero-order valence-electron chi connectivity index (χ0n) is 12.0. The highest BCUT2D eigenvalue weighted by atomic mass is 16.4. The van der Waals surface area contributed by atoms with E-state index in [1.807, 2.05) is 0 Å². The number of aryl methyl sites for hydroxylation is 1. The van der Waals surface area contributed by atoms with Crippen LogP contribution in [0.2, 0.25) is 0 Å². The van der Waals surface area contributed by atoms with E-state index in [2.05, 4.69) is 17.2 Å². The Labute approximate surface area is 119 Å². The molecule has 1 fully saturated rings. The molecule has 0 aliphatic heterocycles. The van der Waals surface area contributed by atoms with Gasteiger partial charge in [0.1, 0.15) is 5.82 Å². The summed E-state index contributed by atoms with van der Waals surface area (Å²) in [7, 11) is 0. The first-order valence-corrected chi connectivity index (χ1v) is 7.05. The first kappa shape index (κ1) is 14.8. The van der Waals surface area contributed by atoms with Crippen LogP contribution in [0.15, 0.2) is 12.1 Å². The Morgan fingerprint density at radius 2 is 2.30 bits per heavy atom. The number of nitrogens with zero attached hydrogens (tertiary/aromatic N) is 1. The van der Waals surface area contributed by atoms with Gasteiger partial charge in [0.25, 0.3) is 0 Å². The standard InChI is InChI=1S/C15H22N2O3/c1-10-4-3-5-15(8-10,9-18)17-13-7-12(14(19)20)6-11(2)16-13/h6-7,10,18H,3-5,8-9H2,1-2H3,(H,16,17)(H,19,20). The van der Waals surface area contributed by atoms with Gasteiger partial charge in [0.15, 0.2) is 0 Å². The Balaban J connectivity index is 2.25. The van der Waals surface area contributed by atoms with Crippen molar-refractivity contribution in [2.24, 2.45) is 5.92 Å². The minimum absolute atomic E-state index is 0.0371. The van der Waals surface area contributed by atoms with Crippen LogP contribution < -0.4 is 5.32 Å². The zero-order valence-corrected chi connectivity index (χ0v) is 12.0. The maximum Gasteiger partial charge on any atom is 0.335 e. The predicted molar refractivity (Wildman–Crippen MR) is 77.0 cm³/mol. The number of aliphatic hydroxyl groups is 1. The van der Waals surface area contributed by atoms with Crippen molar-refractivity contribution in [2.45, 2.75) is 45.1 Å². The van der Waals surface area contributed by atoms with Gasteiger partial charge in [-0.25, -0.2) is 9.78 Å². The van der Waals surface area contributed by atoms with Crippen molar-refractivity contribution in [2.75, 3.05) is 11.9 Å². The fraction of sp³-hybridized carbons (Fsp3) is 0.600. The van der Waals surface area contributed by atoms with Crippen molar-refractivity contribution in [1.29, 1.82) is 0 Å². The fourth-order valence-corrected chi connectivity index (χ4v) is 3.08. The van der Waals surface area contributed by atoms with Crippen LogP contribution in [0.1, 0.15) is 48.7 Å². The number of hydrogen-bond acceptors (Lipinski definition) is 4. The Morgan fingerprint density at radius 1 is 1.55 bits per heavy atom.